The highest BCUT2D eigenvalue weighted by molar-refractivity contribution is 7.18. The van der Waals surface area contributed by atoms with Gasteiger partial charge >= 0.3 is 0 Å². The lowest BCUT2D eigenvalue weighted by Gasteiger charge is -2.11. The van der Waals surface area contributed by atoms with Crippen LogP contribution in [0.15, 0.2) is 18.2 Å². The first-order valence-corrected chi connectivity index (χ1v) is 7.32. The molecule has 1 atom stereocenters. The molecule has 18 heavy (non-hydrogen) atoms. The molecule has 1 saturated heterocycles. The molecule has 4 heteroatoms. The van der Waals surface area contributed by atoms with E-state index in [1.54, 1.807) is 11.3 Å². The van der Waals surface area contributed by atoms with Crippen molar-refractivity contribution in [2.45, 2.75) is 32.3 Å². The molecule has 0 spiro atoms. The number of fused-ring (bicyclic) bond motifs is 1. The number of ether oxygens (including phenoxy) is 1. The number of benzene rings is 1. The molecule has 96 valence electrons. The first-order valence-electron chi connectivity index (χ1n) is 6.50. The van der Waals surface area contributed by atoms with Gasteiger partial charge in [-0.15, -0.1) is 11.3 Å². The molecule has 1 N–H and O–H groups in total. The smallest absolute Gasteiger partial charge is 0.121 e. The average molecular weight is 262 g/mol. The van der Waals surface area contributed by atoms with Gasteiger partial charge in [-0.2, -0.15) is 0 Å². The van der Waals surface area contributed by atoms with E-state index in [2.05, 4.69) is 36.3 Å². The highest BCUT2D eigenvalue weighted by Crippen LogP contribution is 2.30. The summed E-state index contributed by atoms with van der Waals surface area (Å²) in [7, 11) is 0. The van der Waals surface area contributed by atoms with E-state index < -0.39 is 0 Å². The molecule has 1 aliphatic rings. The van der Waals surface area contributed by atoms with Gasteiger partial charge in [0.2, 0.25) is 0 Å². The van der Waals surface area contributed by atoms with E-state index in [0.29, 0.717) is 12.0 Å². The van der Waals surface area contributed by atoms with E-state index in [0.717, 1.165) is 30.8 Å². The zero-order chi connectivity index (χ0) is 12.5. The maximum atomic E-state index is 5.97. The van der Waals surface area contributed by atoms with Crippen molar-refractivity contribution in [1.29, 1.82) is 0 Å². The molecule has 0 bridgehead atoms. The second-order valence-corrected chi connectivity index (χ2v) is 6.13. The Morgan fingerprint density at radius 3 is 3.06 bits per heavy atom. The van der Waals surface area contributed by atoms with Crippen LogP contribution >= 0.6 is 11.3 Å². The third-order valence-electron chi connectivity index (χ3n) is 3.19. The largest absolute Gasteiger partial charge is 0.489 e. The zero-order valence-corrected chi connectivity index (χ0v) is 11.6. The normalized spacial score (nSPS) is 19.8. The Morgan fingerprint density at radius 2 is 2.33 bits per heavy atom. The van der Waals surface area contributed by atoms with Crippen molar-refractivity contribution in [3.63, 3.8) is 0 Å². The first-order chi connectivity index (χ1) is 8.72. The Hall–Kier alpha value is -1.13. The highest BCUT2D eigenvalue weighted by atomic mass is 32.1. The fourth-order valence-corrected chi connectivity index (χ4v) is 3.16. The van der Waals surface area contributed by atoms with Gasteiger partial charge in [-0.25, -0.2) is 4.98 Å². The minimum absolute atomic E-state index is 0.319. The Kier molecular flexibility index (Phi) is 3.22. The number of rotatable bonds is 3. The number of nitrogens with zero attached hydrogens (tertiary/aromatic N) is 1. The van der Waals surface area contributed by atoms with E-state index in [1.807, 2.05) is 6.07 Å². The summed E-state index contributed by atoms with van der Waals surface area (Å²) >= 11 is 1.77. The van der Waals surface area contributed by atoms with Crippen LogP contribution in [-0.2, 0) is 0 Å². The summed E-state index contributed by atoms with van der Waals surface area (Å²) in [5.74, 6) is 1.46. The lowest BCUT2D eigenvalue weighted by molar-refractivity contribution is 0.223. The van der Waals surface area contributed by atoms with Crippen LogP contribution in [-0.4, -0.2) is 24.2 Å². The van der Waals surface area contributed by atoms with E-state index in [4.69, 9.17) is 4.74 Å². The molecular weight excluding hydrogens is 244 g/mol. The van der Waals surface area contributed by atoms with E-state index in [-0.39, 0.29) is 0 Å². The molecule has 1 aliphatic heterocycles. The minimum atomic E-state index is 0.319. The number of nitrogens with one attached hydrogen (secondary N) is 1. The molecule has 0 saturated carbocycles. The van der Waals surface area contributed by atoms with Crippen molar-refractivity contribution in [3.05, 3.63) is 23.2 Å². The van der Waals surface area contributed by atoms with Crippen LogP contribution in [0.5, 0.6) is 5.75 Å². The number of aromatic nitrogens is 1. The van der Waals surface area contributed by atoms with Crippen LogP contribution in [0, 0.1) is 0 Å². The summed E-state index contributed by atoms with van der Waals surface area (Å²) in [6.45, 7) is 6.38. The van der Waals surface area contributed by atoms with Gasteiger partial charge in [0.25, 0.3) is 0 Å². The summed E-state index contributed by atoms with van der Waals surface area (Å²) in [4.78, 5) is 4.64. The number of hydrogen-bond acceptors (Lipinski definition) is 4. The van der Waals surface area contributed by atoms with Gasteiger partial charge in [0.1, 0.15) is 11.9 Å². The van der Waals surface area contributed by atoms with E-state index in [9.17, 15) is 0 Å². The van der Waals surface area contributed by atoms with Crippen LogP contribution in [0.1, 0.15) is 31.2 Å². The number of hydrogen-bond donors (Lipinski definition) is 1. The molecule has 0 radical (unpaired) electrons. The Morgan fingerprint density at radius 1 is 1.44 bits per heavy atom. The molecule has 1 aromatic heterocycles. The minimum Gasteiger partial charge on any atom is -0.489 e. The average Bonchev–Trinajstić information content (AvgIpc) is 2.96. The van der Waals surface area contributed by atoms with Gasteiger partial charge in [-0.1, -0.05) is 13.8 Å². The molecule has 3 nitrogen and oxygen atoms in total. The van der Waals surface area contributed by atoms with Crippen molar-refractivity contribution in [1.82, 2.24) is 10.3 Å². The first kappa shape index (κ1) is 11.9. The van der Waals surface area contributed by atoms with Crippen LogP contribution in [0.4, 0.5) is 0 Å². The fourth-order valence-electron chi connectivity index (χ4n) is 2.16. The standard InChI is InChI=1S/C14H18N2OS/c1-9(2)14-16-12-4-3-10(7-13(12)18-14)17-11-5-6-15-8-11/h3-4,7,9,11,15H,5-6,8H2,1-2H3. The van der Waals surface area contributed by atoms with E-state index in [1.165, 1.54) is 9.71 Å². The summed E-state index contributed by atoms with van der Waals surface area (Å²) < 4.78 is 7.19. The molecule has 2 heterocycles. The Bertz CT molecular complexity index is 544. The van der Waals surface area contributed by atoms with Gasteiger partial charge in [0, 0.05) is 12.5 Å². The second-order valence-electron chi connectivity index (χ2n) is 5.07. The zero-order valence-electron chi connectivity index (χ0n) is 10.8. The molecular formula is C14H18N2OS. The third-order valence-corrected chi connectivity index (χ3v) is 4.51. The van der Waals surface area contributed by atoms with Crippen molar-refractivity contribution < 1.29 is 4.74 Å². The summed E-state index contributed by atoms with van der Waals surface area (Å²) in [6, 6.07) is 6.22. The Labute approximate surface area is 111 Å². The third kappa shape index (κ3) is 2.35. The monoisotopic (exact) mass is 262 g/mol. The summed E-state index contributed by atoms with van der Waals surface area (Å²) in [5, 5.41) is 4.51. The summed E-state index contributed by atoms with van der Waals surface area (Å²) in [6.07, 6.45) is 1.41. The van der Waals surface area contributed by atoms with Crippen molar-refractivity contribution in [2.75, 3.05) is 13.1 Å². The van der Waals surface area contributed by atoms with Gasteiger partial charge < -0.3 is 10.1 Å². The van der Waals surface area contributed by atoms with Gasteiger partial charge in [-0.05, 0) is 31.2 Å². The fraction of sp³-hybridized carbons (Fsp3) is 0.500. The predicted molar refractivity (Wildman–Crippen MR) is 75.6 cm³/mol. The molecule has 3 rings (SSSR count). The van der Waals surface area contributed by atoms with E-state index >= 15 is 0 Å². The SMILES string of the molecule is CC(C)c1nc2ccc(OC3CCNC3)cc2s1. The molecule has 1 fully saturated rings. The quantitative estimate of drug-likeness (QED) is 0.922. The highest BCUT2D eigenvalue weighted by Gasteiger charge is 2.16. The Balaban J connectivity index is 1.85. The van der Waals surface area contributed by atoms with Crippen molar-refractivity contribution in [2.24, 2.45) is 0 Å². The van der Waals surface area contributed by atoms with Crippen LogP contribution < -0.4 is 10.1 Å². The van der Waals surface area contributed by atoms with Gasteiger partial charge in [0.15, 0.2) is 0 Å². The maximum Gasteiger partial charge on any atom is 0.121 e. The lowest BCUT2D eigenvalue weighted by atomic mass is 10.2. The second kappa shape index (κ2) is 4.86. The van der Waals surface area contributed by atoms with Gasteiger partial charge in [0.05, 0.1) is 15.2 Å². The van der Waals surface area contributed by atoms with Crippen molar-refractivity contribution >= 4 is 21.6 Å². The predicted octanol–water partition coefficient (Wildman–Crippen LogP) is 3.16. The molecule has 1 aromatic carbocycles. The summed E-state index contributed by atoms with van der Waals surface area (Å²) in [5.41, 5.74) is 1.08. The lowest BCUT2D eigenvalue weighted by Crippen LogP contribution is -2.19. The molecule has 1 unspecified atom stereocenters. The van der Waals surface area contributed by atoms with Crippen molar-refractivity contribution in [3.8, 4) is 5.75 Å². The van der Waals surface area contributed by atoms with Crippen LogP contribution in [0.2, 0.25) is 0 Å². The van der Waals surface area contributed by atoms with Gasteiger partial charge in [-0.3, -0.25) is 0 Å². The molecule has 0 aliphatic carbocycles. The topological polar surface area (TPSA) is 34.1 Å². The molecule has 0 amide bonds. The van der Waals surface area contributed by atoms with Crippen LogP contribution in [0.3, 0.4) is 0 Å². The maximum absolute atomic E-state index is 5.97. The van der Waals surface area contributed by atoms with Crippen LogP contribution in [0.25, 0.3) is 10.2 Å². The molecule has 2 aromatic rings. The number of thiazole rings is 1.